The minimum absolute atomic E-state index is 0.00546. The Labute approximate surface area is 159 Å². The number of allylic oxidation sites excluding steroid dienone is 1. The molecule has 3 aliphatic heterocycles. The second-order valence-electron chi connectivity index (χ2n) is 6.86. The van der Waals surface area contributed by atoms with E-state index in [4.69, 9.17) is 5.11 Å². The van der Waals surface area contributed by atoms with Crippen molar-refractivity contribution in [2.45, 2.75) is 33.6 Å². The van der Waals surface area contributed by atoms with E-state index in [9.17, 15) is 19.2 Å². The van der Waals surface area contributed by atoms with Crippen LogP contribution in [0.5, 0.6) is 0 Å². The van der Waals surface area contributed by atoms with Crippen LogP contribution >= 0.6 is 0 Å². The Bertz CT molecular complexity index is 686. The fourth-order valence-electron chi connectivity index (χ4n) is 2.49. The van der Waals surface area contributed by atoms with Crippen LogP contribution in [-0.2, 0) is 19.2 Å². The Morgan fingerprint density at radius 3 is 1.70 bits per heavy atom. The van der Waals surface area contributed by atoms with Gasteiger partial charge in [0.25, 0.3) is 0 Å². The van der Waals surface area contributed by atoms with Gasteiger partial charge in [0.15, 0.2) is 0 Å². The summed E-state index contributed by atoms with van der Waals surface area (Å²) in [5, 5.41) is 7.86. The Kier molecular flexibility index (Phi) is 6.76. The van der Waals surface area contributed by atoms with Gasteiger partial charge in [-0.2, -0.15) is 0 Å². The first-order chi connectivity index (χ1) is 12.8. The van der Waals surface area contributed by atoms with Gasteiger partial charge in [-0.25, -0.2) is 0 Å². The van der Waals surface area contributed by atoms with Gasteiger partial charge in [0, 0.05) is 45.3 Å². The van der Waals surface area contributed by atoms with Crippen LogP contribution in [0.3, 0.4) is 0 Å². The van der Waals surface area contributed by atoms with E-state index in [1.807, 2.05) is 14.7 Å². The van der Waals surface area contributed by atoms with Crippen LogP contribution in [0.15, 0.2) is 23.2 Å². The number of carbonyl (C=O) groups excluding carboxylic acids is 3. The van der Waals surface area contributed by atoms with Gasteiger partial charge in [-0.05, 0) is 6.92 Å². The third kappa shape index (κ3) is 5.94. The number of ketones is 3. The molecule has 0 bridgehead atoms. The maximum absolute atomic E-state index is 12.4. The van der Waals surface area contributed by atoms with Crippen molar-refractivity contribution in [1.29, 1.82) is 0 Å². The zero-order valence-electron chi connectivity index (χ0n) is 16.2. The van der Waals surface area contributed by atoms with Crippen LogP contribution in [0.2, 0.25) is 0 Å². The van der Waals surface area contributed by atoms with Crippen molar-refractivity contribution < 1.29 is 24.3 Å². The number of aliphatic carboxylic acids is 1. The lowest BCUT2D eigenvalue weighted by Crippen LogP contribution is -2.29. The largest absolute Gasteiger partial charge is 0.481 e. The molecule has 3 heterocycles. The summed E-state index contributed by atoms with van der Waals surface area (Å²) in [4.78, 5) is 49.9. The third-order valence-corrected chi connectivity index (χ3v) is 3.89. The first-order valence-corrected chi connectivity index (χ1v) is 9.31. The summed E-state index contributed by atoms with van der Waals surface area (Å²) in [6.45, 7) is 10.9. The SMILES string of the molecule is CC(=O)CC(=O)O.CCC.O=C1C=C(N2CC2)C(=O)C(N2CC2)=C1N1CC1. The molecule has 1 aliphatic carbocycles. The lowest BCUT2D eigenvalue weighted by Gasteiger charge is -2.21. The fourth-order valence-corrected chi connectivity index (χ4v) is 2.49. The van der Waals surface area contributed by atoms with Crippen molar-refractivity contribution in [3.8, 4) is 0 Å². The van der Waals surface area contributed by atoms with Crippen molar-refractivity contribution in [1.82, 2.24) is 14.7 Å². The second-order valence-corrected chi connectivity index (χ2v) is 6.86. The van der Waals surface area contributed by atoms with E-state index < -0.39 is 5.97 Å². The average Bonchev–Trinajstić information content (AvgIpc) is 3.43. The number of carbonyl (C=O) groups is 4. The standard InChI is InChI=1S/C12H13N3O2.C4H6O3.C3H8/c16-9-7-8(13-1-2-13)12(17)11(15-5-6-15)10(9)14-3-4-14;1-3(5)2-4(6)7;1-3-2/h7H,1-6H2;2H2,1H3,(H,6,7);3H2,1-2H3. The Hall–Kier alpha value is -2.64. The molecule has 0 spiro atoms. The van der Waals surface area contributed by atoms with E-state index in [0.717, 1.165) is 39.3 Å². The van der Waals surface area contributed by atoms with Crippen LogP contribution < -0.4 is 0 Å². The molecule has 0 aromatic heterocycles. The molecule has 0 aromatic carbocycles. The first-order valence-electron chi connectivity index (χ1n) is 9.31. The van der Waals surface area contributed by atoms with Gasteiger partial charge in [0.1, 0.15) is 23.6 Å². The summed E-state index contributed by atoms with van der Waals surface area (Å²) in [6.07, 6.45) is 2.41. The molecule has 0 amide bonds. The molecular formula is C19H27N3O5. The lowest BCUT2D eigenvalue weighted by molar-refractivity contribution is -0.139. The Morgan fingerprint density at radius 1 is 0.926 bits per heavy atom. The molecule has 0 saturated carbocycles. The predicted molar refractivity (Wildman–Crippen MR) is 98.7 cm³/mol. The highest BCUT2D eigenvalue weighted by Gasteiger charge is 2.43. The Morgan fingerprint density at radius 2 is 1.37 bits per heavy atom. The van der Waals surface area contributed by atoms with E-state index in [2.05, 4.69) is 13.8 Å². The molecular weight excluding hydrogens is 350 g/mol. The fraction of sp³-hybridized carbons (Fsp3) is 0.579. The maximum atomic E-state index is 12.4. The van der Waals surface area contributed by atoms with Crippen LogP contribution in [-0.4, -0.2) is 82.4 Å². The average molecular weight is 377 g/mol. The summed E-state index contributed by atoms with van der Waals surface area (Å²) in [6, 6.07) is 0. The van der Waals surface area contributed by atoms with Gasteiger partial charge in [0.2, 0.25) is 11.6 Å². The first kappa shape index (κ1) is 20.7. The molecule has 148 valence electrons. The number of carboxylic acids is 1. The van der Waals surface area contributed by atoms with Gasteiger partial charge in [-0.15, -0.1) is 0 Å². The zero-order chi connectivity index (χ0) is 20.1. The molecule has 4 rings (SSSR count). The molecule has 0 atom stereocenters. The number of nitrogens with zero attached hydrogens (tertiary/aromatic N) is 3. The smallest absolute Gasteiger partial charge is 0.310 e. The summed E-state index contributed by atoms with van der Waals surface area (Å²) in [5.74, 6) is -1.33. The number of hydrogen-bond acceptors (Lipinski definition) is 7. The third-order valence-electron chi connectivity index (χ3n) is 3.89. The second kappa shape index (κ2) is 8.83. The van der Waals surface area contributed by atoms with E-state index in [1.54, 1.807) is 0 Å². The summed E-state index contributed by atoms with van der Waals surface area (Å²) in [5.41, 5.74) is 1.89. The molecule has 1 N–H and O–H groups in total. The van der Waals surface area contributed by atoms with Crippen LogP contribution in [0.1, 0.15) is 33.6 Å². The Balaban J connectivity index is 0.000000222. The van der Waals surface area contributed by atoms with E-state index in [0.29, 0.717) is 17.1 Å². The van der Waals surface area contributed by atoms with Gasteiger partial charge in [-0.1, -0.05) is 20.3 Å². The van der Waals surface area contributed by atoms with Crippen LogP contribution in [0.25, 0.3) is 0 Å². The van der Waals surface area contributed by atoms with Crippen LogP contribution in [0.4, 0.5) is 0 Å². The van der Waals surface area contributed by atoms with Crippen molar-refractivity contribution in [2.75, 3.05) is 39.3 Å². The topological polar surface area (TPSA) is 97.5 Å². The highest BCUT2D eigenvalue weighted by molar-refractivity contribution is 6.22. The zero-order valence-corrected chi connectivity index (χ0v) is 16.2. The lowest BCUT2D eigenvalue weighted by atomic mass is 10.0. The summed E-state index contributed by atoms with van der Waals surface area (Å²) >= 11 is 0. The van der Waals surface area contributed by atoms with Gasteiger partial charge < -0.3 is 19.8 Å². The monoisotopic (exact) mass is 377 g/mol. The summed E-state index contributed by atoms with van der Waals surface area (Å²) < 4.78 is 0. The quantitative estimate of drug-likeness (QED) is 0.424. The number of hydrogen-bond donors (Lipinski definition) is 1. The molecule has 3 saturated heterocycles. The van der Waals surface area contributed by atoms with Gasteiger partial charge in [-0.3, -0.25) is 19.2 Å². The van der Waals surface area contributed by atoms with E-state index >= 15 is 0 Å². The number of Topliss-reactive ketones (excluding diaryl/α,β-unsaturated/α-hetero) is 2. The molecule has 8 heteroatoms. The molecule has 8 nitrogen and oxygen atoms in total. The highest BCUT2D eigenvalue weighted by atomic mass is 16.4. The van der Waals surface area contributed by atoms with E-state index in [-0.39, 0.29) is 23.8 Å². The van der Waals surface area contributed by atoms with Crippen LogP contribution in [0, 0.1) is 0 Å². The minimum atomic E-state index is -1.06. The highest BCUT2D eigenvalue weighted by Crippen LogP contribution is 2.33. The van der Waals surface area contributed by atoms with Gasteiger partial charge in [0.05, 0.1) is 5.70 Å². The van der Waals surface area contributed by atoms with E-state index in [1.165, 1.54) is 19.4 Å². The minimum Gasteiger partial charge on any atom is -0.481 e. The molecule has 0 radical (unpaired) electrons. The number of carboxylic acid groups (broad SMARTS) is 1. The maximum Gasteiger partial charge on any atom is 0.310 e. The normalized spacial score (nSPS) is 19.5. The van der Waals surface area contributed by atoms with Crippen molar-refractivity contribution in [3.63, 3.8) is 0 Å². The molecule has 0 unspecified atom stereocenters. The summed E-state index contributed by atoms with van der Waals surface area (Å²) in [7, 11) is 0. The predicted octanol–water partition coefficient (Wildman–Crippen LogP) is 0.647. The molecule has 27 heavy (non-hydrogen) atoms. The van der Waals surface area contributed by atoms with Crippen molar-refractivity contribution in [2.24, 2.45) is 0 Å². The molecule has 4 aliphatic rings. The van der Waals surface area contributed by atoms with Gasteiger partial charge >= 0.3 is 5.97 Å². The number of rotatable bonds is 5. The van der Waals surface area contributed by atoms with Crippen molar-refractivity contribution in [3.05, 3.63) is 23.2 Å². The molecule has 3 fully saturated rings. The molecule has 0 aromatic rings. The van der Waals surface area contributed by atoms with Crippen molar-refractivity contribution >= 4 is 23.3 Å².